The minimum atomic E-state index is -3.56. The molecule has 1 aromatic carbocycles. The van der Waals surface area contributed by atoms with Crippen LogP contribution in [0.15, 0.2) is 23.1 Å². The van der Waals surface area contributed by atoms with Gasteiger partial charge in [-0.2, -0.15) is 0 Å². The maximum Gasteiger partial charge on any atom is 0.310 e. The van der Waals surface area contributed by atoms with Gasteiger partial charge < -0.3 is 4.74 Å². The van der Waals surface area contributed by atoms with Gasteiger partial charge >= 0.3 is 5.69 Å². The second-order valence-electron chi connectivity index (χ2n) is 3.92. The molecule has 1 unspecified atom stereocenters. The van der Waals surface area contributed by atoms with E-state index in [0.29, 0.717) is 6.42 Å². The van der Waals surface area contributed by atoms with Gasteiger partial charge in [-0.05, 0) is 19.4 Å². The summed E-state index contributed by atoms with van der Waals surface area (Å²) in [5.41, 5.74) is -0.272. The summed E-state index contributed by atoms with van der Waals surface area (Å²) in [6.45, 7) is 1.55. The Balaban J connectivity index is 3.26. The van der Waals surface area contributed by atoms with Gasteiger partial charge in [0.2, 0.25) is 0 Å². The maximum absolute atomic E-state index is 12.2. The molecule has 1 aromatic rings. The van der Waals surface area contributed by atoms with Gasteiger partial charge in [0.1, 0.15) is 0 Å². The van der Waals surface area contributed by atoms with Crippen LogP contribution in [0.4, 0.5) is 5.69 Å². The number of ether oxygens (including phenoxy) is 1. The van der Waals surface area contributed by atoms with Crippen molar-refractivity contribution in [3.8, 4) is 5.75 Å². The largest absolute Gasteiger partial charge is 0.490 e. The van der Waals surface area contributed by atoms with E-state index in [1.165, 1.54) is 13.2 Å². The number of nitro benzene ring substituents is 1. The molecule has 1 rings (SSSR count). The molecule has 0 radical (unpaired) electrons. The van der Waals surface area contributed by atoms with Crippen molar-refractivity contribution in [2.45, 2.75) is 23.5 Å². The van der Waals surface area contributed by atoms with Gasteiger partial charge in [0.25, 0.3) is 0 Å². The lowest BCUT2D eigenvalue weighted by Gasteiger charge is -2.12. The Morgan fingerprint density at radius 3 is 2.58 bits per heavy atom. The lowest BCUT2D eigenvalue weighted by atomic mass is 10.3. The van der Waals surface area contributed by atoms with E-state index in [2.05, 4.69) is 0 Å². The number of hydrogen-bond donors (Lipinski definition) is 0. The van der Waals surface area contributed by atoms with Crippen molar-refractivity contribution in [2.75, 3.05) is 13.0 Å². The molecule has 0 heterocycles. The van der Waals surface area contributed by atoms with E-state index < -0.39 is 20.0 Å². The van der Waals surface area contributed by atoms with E-state index in [0.717, 1.165) is 12.1 Å². The number of alkyl halides is 1. The third-order valence-electron chi connectivity index (χ3n) is 2.72. The van der Waals surface area contributed by atoms with Gasteiger partial charge in [-0.15, -0.1) is 11.6 Å². The number of rotatable bonds is 6. The summed E-state index contributed by atoms with van der Waals surface area (Å²) in [5, 5.41) is 10.1. The molecule has 0 fully saturated rings. The molecule has 0 spiro atoms. The molecule has 0 aliphatic rings. The van der Waals surface area contributed by atoms with Crippen LogP contribution in [0, 0.1) is 10.1 Å². The maximum atomic E-state index is 12.2. The number of halogens is 1. The fourth-order valence-electron chi connectivity index (χ4n) is 1.53. The highest BCUT2D eigenvalue weighted by molar-refractivity contribution is 7.92. The molecular formula is C11H14ClNO5S. The smallest absolute Gasteiger partial charge is 0.310 e. The van der Waals surface area contributed by atoms with Crippen molar-refractivity contribution < 1.29 is 18.1 Å². The van der Waals surface area contributed by atoms with Gasteiger partial charge in [0.05, 0.1) is 22.2 Å². The zero-order chi connectivity index (χ0) is 14.6. The number of benzene rings is 1. The van der Waals surface area contributed by atoms with Crippen molar-refractivity contribution in [1.82, 2.24) is 0 Å². The van der Waals surface area contributed by atoms with Crippen LogP contribution in [-0.4, -0.2) is 31.6 Å². The molecule has 0 saturated carbocycles. The van der Waals surface area contributed by atoms with Gasteiger partial charge in [0, 0.05) is 18.0 Å². The van der Waals surface area contributed by atoms with Gasteiger partial charge in [-0.25, -0.2) is 8.42 Å². The lowest BCUT2D eigenvalue weighted by Crippen LogP contribution is -2.18. The number of nitrogens with zero attached hydrogens (tertiary/aromatic N) is 1. The zero-order valence-corrected chi connectivity index (χ0v) is 12.1. The van der Waals surface area contributed by atoms with Crippen molar-refractivity contribution >= 4 is 27.1 Å². The van der Waals surface area contributed by atoms with E-state index in [9.17, 15) is 18.5 Å². The second-order valence-corrected chi connectivity index (χ2v) is 6.67. The van der Waals surface area contributed by atoms with Gasteiger partial charge in [-0.3, -0.25) is 10.1 Å². The molecule has 0 saturated heterocycles. The van der Waals surface area contributed by atoms with Crippen LogP contribution in [0.3, 0.4) is 0 Å². The van der Waals surface area contributed by atoms with Gasteiger partial charge in [-0.1, -0.05) is 0 Å². The summed E-state index contributed by atoms with van der Waals surface area (Å²) in [5.74, 6) is 0.147. The topological polar surface area (TPSA) is 86.5 Å². The molecule has 0 aliphatic carbocycles. The first-order valence-corrected chi connectivity index (χ1v) is 7.55. The molecule has 0 aliphatic heterocycles. The highest BCUT2D eigenvalue weighted by atomic mass is 35.5. The Labute approximate surface area is 116 Å². The third kappa shape index (κ3) is 3.36. The number of methoxy groups -OCH3 is 1. The van der Waals surface area contributed by atoms with Crippen LogP contribution in [0.5, 0.6) is 5.75 Å². The fraction of sp³-hybridized carbons (Fsp3) is 0.455. The molecule has 8 heteroatoms. The van der Waals surface area contributed by atoms with Crippen molar-refractivity contribution in [3.05, 3.63) is 28.3 Å². The number of sulfone groups is 1. The predicted molar refractivity (Wildman–Crippen MR) is 71.6 cm³/mol. The standard InChI is InChI=1S/C11H14ClNO5S/c1-8(5-6-12)19(16,17)9-3-4-10(13(14)15)11(7-9)18-2/h3-4,7-8H,5-6H2,1-2H3. The highest BCUT2D eigenvalue weighted by Crippen LogP contribution is 2.31. The highest BCUT2D eigenvalue weighted by Gasteiger charge is 2.25. The molecular weight excluding hydrogens is 294 g/mol. The second kappa shape index (κ2) is 6.21. The lowest BCUT2D eigenvalue weighted by molar-refractivity contribution is -0.385. The first-order valence-electron chi connectivity index (χ1n) is 5.47. The normalized spacial score (nSPS) is 13.0. The van der Waals surface area contributed by atoms with Gasteiger partial charge in [0.15, 0.2) is 15.6 Å². The van der Waals surface area contributed by atoms with Crippen LogP contribution in [0.25, 0.3) is 0 Å². The SMILES string of the molecule is COc1cc(S(=O)(=O)C(C)CCCl)ccc1[N+](=O)[O-]. The average molecular weight is 308 g/mol. The summed E-state index contributed by atoms with van der Waals surface area (Å²) in [4.78, 5) is 10.1. The molecule has 106 valence electrons. The van der Waals surface area contributed by atoms with E-state index in [4.69, 9.17) is 16.3 Å². The molecule has 19 heavy (non-hydrogen) atoms. The monoisotopic (exact) mass is 307 g/mol. The number of nitro groups is 1. The first-order chi connectivity index (χ1) is 8.84. The van der Waals surface area contributed by atoms with E-state index >= 15 is 0 Å². The van der Waals surface area contributed by atoms with E-state index in [1.807, 2.05) is 0 Å². The average Bonchev–Trinajstić information content (AvgIpc) is 2.37. The number of hydrogen-bond acceptors (Lipinski definition) is 5. The Morgan fingerprint density at radius 2 is 2.11 bits per heavy atom. The third-order valence-corrected chi connectivity index (χ3v) is 5.15. The quantitative estimate of drug-likeness (QED) is 0.457. The van der Waals surface area contributed by atoms with E-state index in [1.54, 1.807) is 6.92 Å². The van der Waals surface area contributed by atoms with Crippen molar-refractivity contribution in [1.29, 1.82) is 0 Å². The van der Waals surface area contributed by atoms with E-state index in [-0.39, 0.29) is 22.2 Å². The molecule has 1 atom stereocenters. The van der Waals surface area contributed by atoms with Crippen LogP contribution < -0.4 is 4.74 Å². The van der Waals surface area contributed by atoms with Crippen LogP contribution in [0.2, 0.25) is 0 Å². The minimum Gasteiger partial charge on any atom is -0.490 e. The van der Waals surface area contributed by atoms with Crippen molar-refractivity contribution in [2.24, 2.45) is 0 Å². The Bertz CT molecular complexity index is 572. The fourth-order valence-corrected chi connectivity index (χ4v) is 3.41. The van der Waals surface area contributed by atoms with Crippen LogP contribution >= 0.6 is 11.6 Å². The Hall–Kier alpha value is -1.34. The zero-order valence-electron chi connectivity index (χ0n) is 10.5. The summed E-state index contributed by atoms with van der Waals surface area (Å²) < 4.78 is 29.2. The molecule has 6 nitrogen and oxygen atoms in total. The van der Waals surface area contributed by atoms with Crippen molar-refractivity contribution in [3.63, 3.8) is 0 Å². The summed E-state index contributed by atoms with van der Waals surface area (Å²) in [7, 11) is -2.31. The summed E-state index contributed by atoms with van der Waals surface area (Å²) in [6.07, 6.45) is 0.309. The molecule has 0 bridgehead atoms. The molecule has 0 aromatic heterocycles. The predicted octanol–water partition coefficient (Wildman–Crippen LogP) is 2.39. The minimum absolute atomic E-state index is 0.00688. The van der Waals surface area contributed by atoms with Crippen LogP contribution in [0.1, 0.15) is 13.3 Å². The Morgan fingerprint density at radius 1 is 1.47 bits per heavy atom. The molecule has 0 N–H and O–H groups in total. The van der Waals surface area contributed by atoms with Crippen LogP contribution in [-0.2, 0) is 9.84 Å². The summed E-state index contributed by atoms with van der Waals surface area (Å²) >= 11 is 5.54. The summed E-state index contributed by atoms with van der Waals surface area (Å²) in [6, 6.07) is 3.50. The first kappa shape index (κ1) is 15.7. The molecule has 0 amide bonds. The Kier molecular flexibility index (Phi) is 5.13.